The maximum absolute atomic E-state index is 14.9. The van der Waals surface area contributed by atoms with Crippen molar-refractivity contribution >= 4 is 29.8 Å². The summed E-state index contributed by atoms with van der Waals surface area (Å²) in [7, 11) is -18.8. The molecule has 44 heavy (non-hydrogen) atoms. The van der Waals surface area contributed by atoms with Gasteiger partial charge in [0.25, 0.3) is 9.84 Å². The van der Waals surface area contributed by atoms with Crippen molar-refractivity contribution in [1.29, 1.82) is 0 Å². The molecule has 8 nitrogen and oxygen atoms in total. The van der Waals surface area contributed by atoms with Crippen LogP contribution in [0.25, 0.3) is 0 Å². The zero-order valence-electron chi connectivity index (χ0n) is 22.9. The van der Waals surface area contributed by atoms with Crippen LogP contribution in [0.4, 0.5) is 17.6 Å². The smallest absolute Gasteiger partial charge is 0.447 e. The highest BCUT2D eigenvalue weighted by molar-refractivity contribution is 7.96. The van der Waals surface area contributed by atoms with E-state index in [1.54, 1.807) is 12.1 Å². The van der Waals surface area contributed by atoms with Crippen molar-refractivity contribution in [2.45, 2.75) is 44.5 Å². The molecule has 0 aliphatic rings. The van der Waals surface area contributed by atoms with Gasteiger partial charge in [-0.05, 0) is 47.5 Å². The SMILES string of the molecule is CC(C)(c1ccccc1)c1ccc(Oc2ccc(S(=O)(=O)c3ccccc3)c(S(=O)(=O)C(F)(F)C(F)(F)S(=O)(=O)O)c2)cc1. The molecule has 4 aromatic carbocycles. The molecule has 0 fully saturated rings. The second kappa shape index (κ2) is 11.3. The zero-order chi connectivity index (χ0) is 32.8. The number of hydrogen-bond donors (Lipinski definition) is 1. The summed E-state index contributed by atoms with van der Waals surface area (Å²) < 4.78 is 147. The molecule has 0 saturated carbocycles. The Morgan fingerprint density at radius 2 is 1.07 bits per heavy atom. The van der Waals surface area contributed by atoms with Gasteiger partial charge in [-0.25, -0.2) is 16.8 Å². The van der Waals surface area contributed by atoms with Crippen molar-refractivity contribution in [3.05, 3.63) is 114 Å². The molecular formula is C29H24F4O8S3. The third kappa shape index (κ3) is 5.72. The van der Waals surface area contributed by atoms with Gasteiger partial charge in [0, 0.05) is 11.5 Å². The van der Waals surface area contributed by atoms with Gasteiger partial charge in [-0.3, -0.25) is 4.55 Å². The van der Waals surface area contributed by atoms with E-state index in [1.165, 1.54) is 30.3 Å². The first-order valence-electron chi connectivity index (χ1n) is 12.5. The molecule has 0 radical (unpaired) electrons. The molecule has 0 aliphatic carbocycles. The summed E-state index contributed by atoms with van der Waals surface area (Å²) in [5, 5.41) is -13.1. The molecule has 234 valence electrons. The van der Waals surface area contributed by atoms with E-state index in [0.29, 0.717) is 6.07 Å². The Morgan fingerprint density at radius 3 is 1.59 bits per heavy atom. The van der Waals surface area contributed by atoms with Gasteiger partial charge in [-0.15, -0.1) is 0 Å². The predicted molar refractivity (Wildman–Crippen MR) is 152 cm³/mol. The molecule has 0 amide bonds. The fourth-order valence-corrected chi connectivity index (χ4v) is 8.39. The average Bonchev–Trinajstić information content (AvgIpc) is 2.97. The van der Waals surface area contributed by atoms with Gasteiger partial charge < -0.3 is 4.74 Å². The first-order chi connectivity index (χ1) is 20.2. The second-order valence-electron chi connectivity index (χ2n) is 10.1. The largest absolute Gasteiger partial charge is 0.457 e. The third-order valence-electron chi connectivity index (χ3n) is 6.86. The van der Waals surface area contributed by atoms with Crippen molar-refractivity contribution in [2.75, 3.05) is 0 Å². The molecule has 1 N–H and O–H groups in total. The van der Waals surface area contributed by atoms with E-state index in [2.05, 4.69) is 0 Å². The van der Waals surface area contributed by atoms with Gasteiger partial charge in [-0.1, -0.05) is 74.5 Å². The van der Waals surface area contributed by atoms with Gasteiger partial charge in [0.15, 0.2) is 0 Å². The summed E-state index contributed by atoms with van der Waals surface area (Å²) in [4.78, 5) is -3.82. The van der Waals surface area contributed by atoms with E-state index in [0.717, 1.165) is 29.3 Å². The summed E-state index contributed by atoms with van der Waals surface area (Å²) in [6, 6.07) is 23.4. The molecule has 0 saturated heterocycles. The minimum atomic E-state index is -6.99. The van der Waals surface area contributed by atoms with Crippen LogP contribution in [0.1, 0.15) is 25.0 Å². The van der Waals surface area contributed by atoms with Gasteiger partial charge in [0.05, 0.1) is 14.7 Å². The molecule has 0 aromatic heterocycles. The van der Waals surface area contributed by atoms with E-state index in [4.69, 9.17) is 9.29 Å². The van der Waals surface area contributed by atoms with E-state index < -0.39 is 66.2 Å². The molecule has 15 heteroatoms. The average molecular weight is 673 g/mol. The Kier molecular flexibility index (Phi) is 8.50. The van der Waals surface area contributed by atoms with Gasteiger partial charge in [-0.2, -0.15) is 26.0 Å². The first-order valence-corrected chi connectivity index (χ1v) is 16.9. The lowest BCUT2D eigenvalue weighted by molar-refractivity contribution is -0.101. The normalized spacial score (nSPS) is 13.4. The number of sulfone groups is 2. The summed E-state index contributed by atoms with van der Waals surface area (Å²) in [6.45, 7) is 3.92. The van der Waals surface area contributed by atoms with Crippen LogP contribution in [0.15, 0.2) is 118 Å². The minimum absolute atomic E-state index is 0.0367. The Bertz CT molecular complexity index is 2000. The predicted octanol–water partition coefficient (Wildman–Crippen LogP) is 6.48. The van der Waals surface area contributed by atoms with Crippen molar-refractivity contribution < 1.29 is 52.1 Å². The summed E-state index contributed by atoms with van der Waals surface area (Å²) in [6.07, 6.45) is 0. The van der Waals surface area contributed by atoms with Gasteiger partial charge >= 0.3 is 20.6 Å². The fourth-order valence-electron chi connectivity index (χ4n) is 4.25. The molecule has 0 bridgehead atoms. The van der Waals surface area contributed by atoms with Crippen LogP contribution in [0.3, 0.4) is 0 Å². The topological polar surface area (TPSA) is 132 Å². The lowest BCUT2D eigenvalue weighted by Gasteiger charge is -2.26. The highest BCUT2D eigenvalue weighted by atomic mass is 32.2. The first kappa shape index (κ1) is 33.1. The Morgan fingerprint density at radius 1 is 0.591 bits per heavy atom. The summed E-state index contributed by atoms with van der Waals surface area (Å²) in [5.41, 5.74) is 1.36. The van der Waals surface area contributed by atoms with E-state index in [9.17, 15) is 42.8 Å². The molecule has 0 heterocycles. The van der Waals surface area contributed by atoms with Crippen molar-refractivity contribution in [2.24, 2.45) is 0 Å². The summed E-state index contributed by atoms with van der Waals surface area (Å²) in [5.74, 6) is -0.522. The molecule has 0 unspecified atom stereocenters. The number of benzene rings is 4. The highest BCUT2D eigenvalue weighted by Crippen LogP contribution is 2.47. The van der Waals surface area contributed by atoms with Crippen LogP contribution < -0.4 is 4.74 Å². The number of alkyl halides is 4. The Labute approximate surface area is 251 Å². The standard InChI is InChI=1S/C29H24F4O8S3/c1-27(2,20-9-5-3-6-10-20)21-13-15-22(16-14-21)41-23-17-18-25(42(34,35)24-11-7-4-8-12-24)26(19-23)43(36,37)28(30,31)29(32,33)44(38,39)40/h3-19H,1-2H3,(H,38,39,40). The molecule has 0 atom stereocenters. The molecule has 0 aliphatic heterocycles. The monoisotopic (exact) mass is 672 g/mol. The molecule has 0 spiro atoms. The molecule has 4 aromatic rings. The van der Waals surface area contributed by atoms with E-state index >= 15 is 0 Å². The number of halogens is 4. The highest BCUT2D eigenvalue weighted by Gasteiger charge is 2.73. The maximum Gasteiger partial charge on any atom is 0.447 e. The quantitative estimate of drug-likeness (QED) is 0.150. The second-order valence-corrected chi connectivity index (χ2v) is 15.4. The van der Waals surface area contributed by atoms with Crippen LogP contribution in [0.2, 0.25) is 0 Å². The molecular weight excluding hydrogens is 649 g/mol. The van der Waals surface area contributed by atoms with E-state index in [-0.39, 0.29) is 11.8 Å². The Hall–Kier alpha value is -3.79. The zero-order valence-corrected chi connectivity index (χ0v) is 25.3. The maximum atomic E-state index is 14.9. The lowest BCUT2D eigenvalue weighted by atomic mass is 9.78. The lowest BCUT2D eigenvalue weighted by Crippen LogP contribution is -2.51. The summed E-state index contributed by atoms with van der Waals surface area (Å²) >= 11 is 0. The number of hydrogen-bond acceptors (Lipinski definition) is 7. The van der Waals surface area contributed by atoms with Crippen LogP contribution in [0.5, 0.6) is 11.5 Å². The van der Waals surface area contributed by atoms with Crippen molar-refractivity contribution in [3.63, 3.8) is 0 Å². The van der Waals surface area contributed by atoms with E-state index in [1.807, 2.05) is 44.2 Å². The minimum Gasteiger partial charge on any atom is -0.457 e. The van der Waals surface area contributed by atoms with Crippen molar-refractivity contribution in [3.8, 4) is 11.5 Å². The number of ether oxygens (including phenoxy) is 1. The van der Waals surface area contributed by atoms with Gasteiger partial charge in [0.2, 0.25) is 9.84 Å². The molecule has 4 rings (SSSR count). The van der Waals surface area contributed by atoms with Crippen LogP contribution in [-0.2, 0) is 35.2 Å². The third-order valence-corrected chi connectivity index (χ3v) is 11.7. The van der Waals surface area contributed by atoms with Crippen LogP contribution >= 0.6 is 0 Å². The van der Waals surface area contributed by atoms with Crippen LogP contribution in [0, 0.1) is 0 Å². The fraction of sp³-hybridized carbons (Fsp3) is 0.172. The van der Waals surface area contributed by atoms with Crippen molar-refractivity contribution in [1.82, 2.24) is 0 Å². The van der Waals surface area contributed by atoms with Gasteiger partial charge in [0.1, 0.15) is 11.5 Å². The Balaban J connectivity index is 1.83. The number of rotatable bonds is 10. The van der Waals surface area contributed by atoms with Crippen LogP contribution in [-0.4, -0.2) is 40.3 Å².